The van der Waals surface area contributed by atoms with Gasteiger partial charge in [-0.3, -0.25) is 13.9 Å². The maximum absolute atomic E-state index is 13.9. The van der Waals surface area contributed by atoms with Crippen molar-refractivity contribution in [3.63, 3.8) is 0 Å². The van der Waals surface area contributed by atoms with Crippen molar-refractivity contribution < 1.29 is 22.7 Å². The van der Waals surface area contributed by atoms with Crippen molar-refractivity contribution in [2.45, 2.75) is 25.9 Å². The number of methoxy groups -OCH3 is 1. The summed E-state index contributed by atoms with van der Waals surface area (Å²) in [6, 6.07) is 19.8. The van der Waals surface area contributed by atoms with E-state index in [1.54, 1.807) is 31.2 Å². The topological polar surface area (TPSA) is 96.0 Å². The highest BCUT2D eigenvalue weighted by atomic mass is 35.5. The van der Waals surface area contributed by atoms with Crippen LogP contribution in [0.4, 0.5) is 5.69 Å². The third-order valence-electron chi connectivity index (χ3n) is 5.99. The molecule has 0 aliphatic rings. The summed E-state index contributed by atoms with van der Waals surface area (Å²) in [4.78, 5) is 28.7. The first-order valence-electron chi connectivity index (χ1n) is 12.2. The summed E-state index contributed by atoms with van der Waals surface area (Å²) >= 11 is 12.3. The normalized spacial score (nSPS) is 11.9. The molecule has 1 atom stereocenters. The number of halogens is 2. The molecule has 11 heteroatoms. The standard InChI is InChI=1S/C28H31Cl2N3O5S/c1-4-31-28(35)25(16-20-8-6-5-7-9-20)32(18-21-10-12-22(29)13-11-21)27(34)19-33(39(3,36)37)23-14-15-26(38-2)24(30)17-23/h5-15,17,25H,4,16,18-19H2,1-3H3,(H,31,35)/t25-/m0/s1. The summed E-state index contributed by atoms with van der Waals surface area (Å²) in [7, 11) is -2.46. The molecule has 208 valence electrons. The highest BCUT2D eigenvalue weighted by Crippen LogP contribution is 2.30. The van der Waals surface area contributed by atoms with Gasteiger partial charge >= 0.3 is 0 Å². The van der Waals surface area contributed by atoms with Crippen molar-refractivity contribution in [3.05, 3.63) is 94.0 Å². The molecule has 1 N–H and O–H groups in total. The number of hydrogen-bond donors (Lipinski definition) is 1. The van der Waals surface area contributed by atoms with Crippen molar-refractivity contribution in [1.82, 2.24) is 10.2 Å². The number of likely N-dealkylation sites (N-methyl/N-ethyl adjacent to an activating group) is 1. The van der Waals surface area contributed by atoms with Crippen LogP contribution in [0.1, 0.15) is 18.1 Å². The van der Waals surface area contributed by atoms with E-state index in [4.69, 9.17) is 27.9 Å². The lowest BCUT2D eigenvalue weighted by atomic mass is 10.0. The maximum atomic E-state index is 13.9. The van der Waals surface area contributed by atoms with Crippen LogP contribution in [-0.4, -0.2) is 57.6 Å². The first kappa shape index (κ1) is 30.3. The molecular weight excluding hydrogens is 561 g/mol. The number of hydrogen-bond acceptors (Lipinski definition) is 5. The summed E-state index contributed by atoms with van der Waals surface area (Å²) in [5.74, 6) is -0.541. The Morgan fingerprint density at radius 2 is 1.64 bits per heavy atom. The minimum absolute atomic E-state index is 0.0611. The zero-order valence-corrected chi connectivity index (χ0v) is 24.3. The molecule has 2 amide bonds. The SMILES string of the molecule is CCNC(=O)[C@H](Cc1ccccc1)N(Cc1ccc(Cl)cc1)C(=O)CN(c1ccc(OC)c(Cl)c1)S(C)(=O)=O. The molecule has 0 aromatic heterocycles. The zero-order chi connectivity index (χ0) is 28.6. The van der Waals surface area contributed by atoms with E-state index >= 15 is 0 Å². The Kier molecular flexibility index (Phi) is 10.6. The molecule has 3 aromatic carbocycles. The first-order chi connectivity index (χ1) is 18.5. The van der Waals surface area contributed by atoms with Gasteiger partial charge in [0, 0.05) is 24.5 Å². The molecule has 0 bridgehead atoms. The minimum atomic E-state index is -3.91. The molecule has 0 saturated carbocycles. The van der Waals surface area contributed by atoms with Crippen LogP contribution in [0.25, 0.3) is 0 Å². The number of carbonyl (C=O) groups excluding carboxylic acids is 2. The van der Waals surface area contributed by atoms with Crippen molar-refractivity contribution in [2.75, 3.05) is 30.8 Å². The van der Waals surface area contributed by atoms with Gasteiger partial charge in [-0.25, -0.2) is 8.42 Å². The number of benzene rings is 3. The highest BCUT2D eigenvalue weighted by molar-refractivity contribution is 7.92. The van der Waals surface area contributed by atoms with Crippen molar-refractivity contribution in [2.24, 2.45) is 0 Å². The fraction of sp³-hybridized carbons (Fsp3) is 0.286. The zero-order valence-electron chi connectivity index (χ0n) is 21.9. The summed E-state index contributed by atoms with van der Waals surface area (Å²) in [5, 5.41) is 3.54. The molecule has 0 heterocycles. The smallest absolute Gasteiger partial charge is 0.244 e. The molecule has 0 unspecified atom stereocenters. The van der Waals surface area contributed by atoms with Gasteiger partial charge in [-0.2, -0.15) is 0 Å². The van der Waals surface area contributed by atoms with Crippen molar-refractivity contribution >= 4 is 50.7 Å². The average molecular weight is 593 g/mol. The van der Waals surface area contributed by atoms with E-state index in [1.807, 2.05) is 30.3 Å². The molecule has 0 saturated heterocycles. The van der Waals surface area contributed by atoms with Gasteiger partial charge in [0.25, 0.3) is 0 Å². The fourth-order valence-electron chi connectivity index (χ4n) is 4.06. The number of carbonyl (C=O) groups is 2. The number of rotatable bonds is 12. The maximum Gasteiger partial charge on any atom is 0.244 e. The second-order valence-electron chi connectivity index (χ2n) is 8.84. The summed E-state index contributed by atoms with van der Waals surface area (Å²) in [5.41, 5.74) is 1.78. The summed E-state index contributed by atoms with van der Waals surface area (Å²) < 4.78 is 31.8. The Balaban J connectivity index is 2.04. The molecule has 0 spiro atoms. The Morgan fingerprint density at radius 3 is 2.21 bits per heavy atom. The second-order valence-corrected chi connectivity index (χ2v) is 11.6. The number of amides is 2. The highest BCUT2D eigenvalue weighted by Gasteiger charge is 2.33. The van der Waals surface area contributed by atoms with Crippen molar-refractivity contribution in [3.8, 4) is 5.75 Å². The average Bonchev–Trinajstić information content (AvgIpc) is 2.90. The molecule has 0 radical (unpaired) electrons. The molecule has 3 rings (SSSR count). The van der Waals surface area contributed by atoms with Gasteiger partial charge in [0.1, 0.15) is 18.3 Å². The predicted molar refractivity (Wildman–Crippen MR) is 155 cm³/mol. The van der Waals surface area contributed by atoms with E-state index < -0.39 is 28.5 Å². The lowest BCUT2D eigenvalue weighted by Gasteiger charge is -2.33. The van der Waals surface area contributed by atoms with E-state index in [1.165, 1.54) is 30.2 Å². The van der Waals surface area contributed by atoms with Gasteiger partial charge in [0.15, 0.2) is 0 Å². The number of anilines is 1. The third kappa shape index (κ3) is 8.36. The lowest BCUT2D eigenvalue weighted by Crippen LogP contribution is -2.53. The van der Waals surface area contributed by atoms with Crippen LogP contribution in [0.2, 0.25) is 10.0 Å². The Bertz CT molecular complexity index is 1390. The minimum Gasteiger partial charge on any atom is -0.495 e. The Labute approximate surface area is 239 Å². The van der Waals surface area contributed by atoms with Gasteiger partial charge in [0.05, 0.1) is 24.1 Å². The largest absolute Gasteiger partial charge is 0.495 e. The molecule has 0 fully saturated rings. The molecule has 3 aromatic rings. The van der Waals surface area contributed by atoms with Crippen LogP contribution in [-0.2, 0) is 32.6 Å². The van der Waals surface area contributed by atoms with E-state index in [0.29, 0.717) is 17.3 Å². The summed E-state index contributed by atoms with van der Waals surface area (Å²) in [6.07, 6.45) is 1.24. The number of sulfonamides is 1. The van der Waals surface area contributed by atoms with Gasteiger partial charge in [0.2, 0.25) is 21.8 Å². The van der Waals surface area contributed by atoms with E-state index in [9.17, 15) is 18.0 Å². The van der Waals surface area contributed by atoms with Crippen LogP contribution in [0.15, 0.2) is 72.8 Å². The van der Waals surface area contributed by atoms with Gasteiger partial charge in [-0.15, -0.1) is 0 Å². The van der Waals surface area contributed by atoms with E-state index in [2.05, 4.69) is 5.32 Å². The van der Waals surface area contributed by atoms with Gasteiger partial charge in [-0.1, -0.05) is 65.7 Å². The van der Waals surface area contributed by atoms with Crippen LogP contribution in [0, 0.1) is 0 Å². The van der Waals surface area contributed by atoms with Gasteiger partial charge < -0.3 is 15.0 Å². The predicted octanol–water partition coefficient (Wildman–Crippen LogP) is 4.54. The molecule has 0 aliphatic carbocycles. The van der Waals surface area contributed by atoms with E-state index in [-0.39, 0.29) is 29.6 Å². The molecule has 8 nitrogen and oxygen atoms in total. The van der Waals surface area contributed by atoms with Crippen LogP contribution >= 0.6 is 23.2 Å². The fourth-order valence-corrected chi connectivity index (χ4v) is 5.28. The number of nitrogens with one attached hydrogen (secondary N) is 1. The van der Waals surface area contributed by atoms with Crippen LogP contribution in [0.3, 0.4) is 0 Å². The molecule has 39 heavy (non-hydrogen) atoms. The number of ether oxygens (including phenoxy) is 1. The molecular formula is C28H31Cl2N3O5S. The Hall–Kier alpha value is -3.27. The monoisotopic (exact) mass is 591 g/mol. The lowest BCUT2D eigenvalue weighted by molar-refractivity contribution is -0.140. The van der Waals surface area contributed by atoms with E-state index in [0.717, 1.165) is 21.7 Å². The van der Waals surface area contributed by atoms with Crippen LogP contribution in [0.5, 0.6) is 5.75 Å². The number of nitrogens with zero attached hydrogens (tertiary/aromatic N) is 2. The second kappa shape index (κ2) is 13.7. The van der Waals surface area contributed by atoms with Gasteiger partial charge in [-0.05, 0) is 48.4 Å². The Morgan fingerprint density at radius 1 is 0.974 bits per heavy atom. The summed E-state index contributed by atoms with van der Waals surface area (Å²) in [6.45, 7) is 1.68. The quantitative estimate of drug-likeness (QED) is 0.333. The molecule has 0 aliphatic heterocycles. The first-order valence-corrected chi connectivity index (χ1v) is 14.8. The van der Waals surface area contributed by atoms with Crippen molar-refractivity contribution in [1.29, 1.82) is 0 Å². The third-order valence-corrected chi connectivity index (χ3v) is 7.68. The van der Waals surface area contributed by atoms with Crippen LogP contribution < -0.4 is 14.4 Å².